The van der Waals surface area contributed by atoms with Crippen LogP contribution in [0.4, 0.5) is 8.78 Å². The molecular weight excluding hydrogens is 278 g/mol. The van der Waals surface area contributed by atoms with Crippen molar-refractivity contribution >= 4 is 5.91 Å². The first kappa shape index (κ1) is 15.7. The average molecular weight is 298 g/mol. The van der Waals surface area contributed by atoms with Gasteiger partial charge in [-0.2, -0.15) is 8.78 Å². The van der Waals surface area contributed by atoms with E-state index in [4.69, 9.17) is 5.73 Å². The number of hydrogen-bond donors (Lipinski definition) is 1. The lowest BCUT2D eigenvalue weighted by atomic mass is 9.99. The second-order valence-electron chi connectivity index (χ2n) is 5.33. The summed E-state index contributed by atoms with van der Waals surface area (Å²) >= 11 is 0. The van der Waals surface area contributed by atoms with E-state index in [9.17, 15) is 13.6 Å². The minimum atomic E-state index is -2.86. The SMILES string of the molecule is CCC[C@H]1CN(C(=O)c2ccc(OC(F)F)cc2)C[C@@H]1N. The molecule has 116 valence electrons. The lowest BCUT2D eigenvalue weighted by Crippen LogP contribution is -2.32. The van der Waals surface area contributed by atoms with Crippen molar-refractivity contribution in [1.82, 2.24) is 4.90 Å². The second-order valence-corrected chi connectivity index (χ2v) is 5.33. The van der Waals surface area contributed by atoms with Crippen LogP contribution in [0.15, 0.2) is 24.3 Å². The molecule has 1 aliphatic heterocycles. The van der Waals surface area contributed by atoms with Gasteiger partial charge >= 0.3 is 6.61 Å². The van der Waals surface area contributed by atoms with E-state index in [1.807, 2.05) is 0 Å². The molecule has 1 saturated heterocycles. The molecule has 0 unspecified atom stereocenters. The van der Waals surface area contributed by atoms with Crippen LogP contribution in [0.3, 0.4) is 0 Å². The Bertz CT molecular complexity index is 479. The Balaban J connectivity index is 2.00. The van der Waals surface area contributed by atoms with Gasteiger partial charge in [0.05, 0.1) is 0 Å². The zero-order valence-electron chi connectivity index (χ0n) is 12.0. The van der Waals surface area contributed by atoms with Crippen molar-refractivity contribution in [2.75, 3.05) is 13.1 Å². The Morgan fingerprint density at radius 2 is 2.05 bits per heavy atom. The fourth-order valence-electron chi connectivity index (χ4n) is 2.70. The predicted octanol–water partition coefficient (Wildman–Crippen LogP) is 2.49. The third-order valence-electron chi connectivity index (χ3n) is 3.76. The highest BCUT2D eigenvalue weighted by Gasteiger charge is 2.32. The van der Waals surface area contributed by atoms with Crippen LogP contribution in [0.5, 0.6) is 5.75 Å². The van der Waals surface area contributed by atoms with Crippen molar-refractivity contribution in [1.29, 1.82) is 0 Å². The molecule has 6 heteroatoms. The van der Waals surface area contributed by atoms with Crippen molar-refractivity contribution < 1.29 is 18.3 Å². The van der Waals surface area contributed by atoms with E-state index in [1.54, 1.807) is 4.90 Å². The standard InChI is InChI=1S/C15H20F2N2O2/c1-2-3-11-8-19(9-13(11)18)14(20)10-4-6-12(7-5-10)21-15(16)17/h4-7,11,13,15H,2-3,8-9,18H2,1H3/t11-,13-/m0/s1. The number of likely N-dealkylation sites (tertiary alicyclic amines) is 1. The largest absolute Gasteiger partial charge is 0.435 e. The molecule has 2 rings (SSSR count). The van der Waals surface area contributed by atoms with Crippen LogP contribution in [-0.2, 0) is 0 Å². The molecule has 1 aromatic rings. The summed E-state index contributed by atoms with van der Waals surface area (Å²) in [4.78, 5) is 14.1. The first-order valence-electron chi connectivity index (χ1n) is 7.11. The Labute approximate surface area is 122 Å². The van der Waals surface area contributed by atoms with E-state index in [1.165, 1.54) is 24.3 Å². The minimum absolute atomic E-state index is 0.00957. The zero-order valence-corrected chi connectivity index (χ0v) is 12.0. The number of ether oxygens (including phenoxy) is 1. The predicted molar refractivity (Wildman–Crippen MR) is 75.4 cm³/mol. The molecule has 2 N–H and O–H groups in total. The number of nitrogens with two attached hydrogens (primary N) is 1. The molecule has 1 heterocycles. The number of carbonyl (C=O) groups excluding carboxylic acids is 1. The fraction of sp³-hybridized carbons (Fsp3) is 0.533. The molecule has 1 fully saturated rings. The summed E-state index contributed by atoms with van der Waals surface area (Å²) in [6.45, 7) is 0.429. The maximum atomic E-state index is 12.4. The molecule has 0 aliphatic carbocycles. The van der Waals surface area contributed by atoms with Crippen LogP contribution in [0.1, 0.15) is 30.1 Å². The van der Waals surface area contributed by atoms with Gasteiger partial charge in [0, 0.05) is 24.7 Å². The molecule has 0 spiro atoms. The lowest BCUT2D eigenvalue weighted by Gasteiger charge is -2.16. The molecule has 1 amide bonds. The minimum Gasteiger partial charge on any atom is -0.435 e. The maximum absolute atomic E-state index is 12.4. The highest BCUT2D eigenvalue weighted by Crippen LogP contribution is 2.23. The topological polar surface area (TPSA) is 55.6 Å². The van der Waals surface area contributed by atoms with Crippen molar-refractivity contribution in [3.63, 3.8) is 0 Å². The van der Waals surface area contributed by atoms with Crippen molar-refractivity contribution in [2.45, 2.75) is 32.4 Å². The van der Waals surface area contributed by atoms with Crippen LogP contribution >= 0.6 is 0 Å². The van der Waals surface area contributed by atoms with Gasteiger partial charge in [-0.1, -0.05) is 13.3 Å². The Hall–Kier alpha value is -1.69. The average Bonchev–Trinajstić information content (AvgIpc) is 2.80. The summed E-state index contributed by atoms with van der Waals surface area (Å²) in [5.41, 5.74) is 6.51. The molecule has 2 atom stereocenters. The highest BCUT2D eigenvalue weighted by molar-refractivity contribution is 5.94. The first-order valence-corrected chi connectivity index (χ1v) is 7.11. The third-order valence-corrected chi connectivity index (χ3v) is 3.76. The second kappa shape index (κ2) is 6.85. The maximum Gasteiger partial charge on any atom is 0.387 e. The number of benzene rings is 1. The lowest BCUT2D eigenvalue weighted by molar-refractivity contribution is -0.0498. The number of halogens is 2. The van der Waals surface area contributed by atoms with Gasteiger partial charge in [-0.05, 0) is 36.6 Å². The molecule has 0 aromatic heterocycles. The zero-order chi connectivity index (χ0) is 15.4. The van der Waals surface area contributed by atoms with Crippen LogP contribution in [0.2, 0.25) is 0 Å². The Morgan fingerprint density at radius 1 is 1.38 bits per heavy atom. The number of hydrogen-bond acceptors (Lipinski definition) is 3. The first-order chi connectivity index (χ1) is 10.0. The summed E-state index contributed by atoms with van der Waals surface area (Å²) in [6.07, 6.45) is 2.05. The summed E-state index contributed by atoms with van der Waals surface area (Å²) in [7, 11) is 0. The molecular formula is C15H20F2N2O2. The van der Waals surface area contributed by atoms with E-state index in [-0.39, 0.29) is 17.7 Å². The molecule has 1 aliphatic rings. The third kappa shape index (κ3) is 3.91. The molecule has 21 heavy (non-hydrogen) atoms. The van der Waals surface area contributed by atoms with E-state index in [0.717, 1.165) is 12.8 Å². The summed E-state index contributed by atoms with van der Waals surface area (Å²) in [5, 5.41) is 0. The van der Waals surface area contributed by atoms with Gasteiger partial charge in [0.25, 0.3) is 5.91 Å². The summed E-state index contributed by atoms with van der Waals surface area (Å²) in [5.74, 6) is 0.261. The van der Waals surface area contributed by atoms with Gasteiger partial charge in [-0.15, -0.1) is 0 Å². The summed E-state index contributed by atoms with van der Waals surface area (Å²) in [6, 6.07) is 5.75. The molecule has 4 nitrogen and oxygen atoms in total. The van der Waals surface area contributed by atoms with Crippen molar-refractivity contribution in [3.8, 4) is 5.75 Å². The smallest absolute Gasteiger partial charge is 0.387 e. The Kier molecular flexibility index (Phi) is 5.12. The van der Waals surface area contributed by atoms with Gasteiger partial charge < -0.3 is 15.4 Å². The number of carbonyl (C=O) groups is 1. The number of alkyl halides is 2. The number of nitrogens with zero attached hydrogens (tertiary/aromatic N) is 1. The fourth-order valence-corrected chi connectivity index (χ4v) is 2.70. The Morgan fingerprint density at radius 3 is 2.62 bits per heavy atom. The van der Waals surface area contributed by atoms with E-state index in [0.29, 0.717) is 24.6 Å². The van der Waals surface area contributed by atoms with Crippen LogP contribution in [0.25, 0.3) is 0 Å². The summed E-state index contributed by atoms with van der Waals surface area (Å²) < 4.78 is 28.4. The van der Waals surface area contributed by atoms with Crippen molar-refractivity contribution in [3.05, 3.63) is 29.8 Å². The highest BCUT2D eigenvalue weighted by atomic mass is 19.3. The van der Waals surface area contributed by atoms with Crippen LogP contribution in [0, 0.1) is 5.92 Å². The number of amides is 1. The molecule has 0 saturated carbocycles. The quantitative estimate of drug-likeness (QED) is 0.908. The number of rotatable bonds is 5. The normalized spacial score (nSPS) is 21.9. The van der Waals surface area contributed by atoms with E-state index >= 15 is 0 Å². The molecule has 0 radical (unpaired) electrons. The van der Waals surface area contributed by atoms with Gasteiger partial charge in [0.2, 0.25) is 0 Å². The van der Waals surface area contributed by atoms with Crippen LogP contribution < -0.4 is 10.5 Å². The van der Waals surface area contributed by atoms with Crippen molar-refractivity contribution in [2.24, 2.45) is 11.7 Å². The van der Waals surface area contributed by atoms with E-state index in [2.05, 4.69) is 11.7 Å². The van der Waals surface area contributed by atoms with E-state index < -0.39 is 6.61 Å². The molecule has 1 aromatic carbocycles. The van der Waals surface area contributed by atoms with Crippen LogP contribution in [-0.4, -0.2) is 36.5 Å². The van der Waals surface area contributed by atoms with Gasteiger partial charge in [-0.3, -0.25) is 4.79 Å². The van der Waals surface area contributed by atoms with Gasteiger partial charge in [0.1, 0.15) is 5.75 Å². The molecule has 0 bridgehead atoms. The van der Waals surface area contributed by atoms with Gasteiger partial charge in [-0.25, -0.2) is 0 Å². The monoisotopic (exact) mass is 298 g/mol. The van der Waals surface area contributed by atoms with Gasteiger partial charge in [0.15, 0.2) is 0 Å².